The Hall–Kier alpha value is -2.17. The van der Waals surface area contributed by atoms with Gasteiger partial charge in [-0.25, -0.2) is 9.97 Å². The lowest BCUT2D eigenvalue weighted by atomic mass is 9.96. The molecule has 5 heteroatoms. The molecule has 2 aromatic heterocycles. The average molecular weight is 257 g/mol. The number of anilines is 2. The highest BCUT2D eigenvalue weighted by atomic mass is 15.1. The van der Waals surface area contributed by atoms with Crippen molar-refractivity contribution in [3.05, 3.63) is 42.0 Å². The van der Waals surface area contributed by atoms with Crippen LogP contribution in [-0.4, -0.2) is 15.0 Å². The molecule has 0 unspecified atom stereocenters. The third kappa shape index (κ3) is 3.64. The van der Waals surface area contributed by atoms with Gasteiger partial charge < -0.3 is 11.1 Å². The molecule has 0 saturated heterocycles. The van der Waals surface area contributed by atoms with Crippen molar-refractivity contribution < 1.29 is 0 Å². The highest BCUT2D eigenvalue weighted by molar-refractivity contribution is 5.45. The molecule has 0 bridgehead atoms. The predicted octanol–water partition coefficient (Wildman–Crippen LogP) is 2.36. The largest absolute Gasteiger partial charge is 0.384 e. The number of nitrogens with zero attached hydrogens (tertiary/aromatic N) is 3. The van der Waals surface area contributed by atoms with E-state index in [0.29, 0.717) is 12.4 Å². The Morgan fingerprint density at radius 1 is 1.26 bits per heavy atom. The van der Waals surface area contributed by atoms with Crippen LogP contribution in [0.4, 0.5) is 11.6 Å². The third-order valence-electron chi connectivity index (χ3n) is 2.61. The summed E-state index contributed by atoms with van der Waals surface area (Å²) in [6.45, 7) is 6.85. The molecule has 0 aliphatic rings. The maximum absolute atomic E-state index is 5.82. The predicted molar refractivity (Wildman–Crippen MR) is 76.7 cm³/mol. The normalized spacial score (nSPS) is 11.3. The van der Waals surface area contributed by atoms with Crippen LogP contribution in [0, 0.1) is 0 Å². The number of hydrogen-bond donors (Lipinski definition) is 2. The van der Waals surface area contributed by atoms with Gasteiger partial charge in [-0.15, -0.1) is 0 Å². The highest BCUT2D eigenvalue weighted by Crippen LogP contribution is 2.21. The second-order valence-electron chi connectivity index (χ2n) is 5.47. The number of rotatable bonds is 3. The Bertz CT molecular complexity index is 546. The molecule has 0 aliphatic heterocycles. The molecule has 100 valence electrons. The first-order valence-electron chi connectivity index (χ1n) is 6.23. The Morgan fingerprint density at radius 3 is 2.68 bits per heavy atom. The van der Waals surface area contributed by atoms with Crippen molar-refractivity contribution in [2.24, 2.45) is 0 Å². The summed E-state index contributed by atoms with van der Waals surface area (Å²) in [4.78, 5) is 12.8. The van der Waals surface area contributed by atoms with Crippen LogP contribution in [0.1, 0.15) is 32.2 Å². The van der Waals surface area contributed by atoms with Gasteiger partial charge in [-0.05, 0) is 11.6 Å². The van der Waals surface area contributed by atoms with Crippen molar-refractivity contribution in [3.63, 3.8) is 0 Å². The molecule has 19 heavy (non-hydrogen) atoms. The minimum absolute atomic E-state index is 0.125. The van der Waals surface area contributed by atoms with Crippen LogP contribution in [-0.2, 0) is 12.0 Å². The molecule has 2 heterocycles. The summed E-state index contributed by atoms with van der Waals surface area (Å²) < 4.78 is 0. The van der Waals surface area contributed by atoms with Crippen molar-refractivity contribution >= 4 is 11.6 Å². The third-order valence-corrected chi connectivity index (χ3v) is 2.61. The van der Waals surface area contributed by atoms with Gasteiger partial charge in [0.1, 0.15) is 17.5 Å². The Labute approximate surface area is 113 Å². The minimum atomic E-state index is -0.125. The fourth-order valence-corrected chi connectivity index (χ4v) is 1.59. The summed E-state index contributed by atoms with van der Waals surface area (Å²) in [6, 6.07) is 5.66. The maximum atomic E-state index is 5.82. The van der Waals surface area contributed by atoms with E-state index in [2.05, 4.69) is 41.0 Å². The summed E-state index contributed by atoms with van der Waals surface area (Å²) in [7, 11) is 0. The molecule has 3 N–H and O–H groups in total. The van der Waals surface area contributed by atoms with Gasteiger partial charge in [0.15, 0.2) is 0 Å². The Kier molecular flexibility index (Phi) is 3.64. The summed E-state index contributed by atoms with van der Waals surface area (Å²) in [6.07, 6.45) is 3.58. The molecule has 0 radical (unpaired) electrons. The number of pyridine rings is 1. The van der Waals surface area contributed by atoms with E-state index in [1.807, 2.05) is 18.3 Å². The lowest BCUT2D eigenvalue weighted by Crippen LogP contribution is -2.18. The molecule has 2 aromatic rings. The molecule has 0 atom stereocenters. The minimum Gasteiger partial charge on any atom is -0.384 e. The number of aromatic nitrogens is 3. The monoisotopic (exact) mass is 257 g/mol. The van der Waals surface area contributed by atoms with Gasteiger partial charge >= 0.3 is 0 Å². The average Bonchev–Trinajstić information content (AvgIpc) is 2.36. The maximum Gasteiger partial charge on any atom is 0.138 e. The number of nitrogens with one attached hydrogen (secondary N) is 1. The quantitative estimate of drug-likeness (QED) is 0.882. The van der Waals surface area contributed by atoms with E-state index in [4.69, 9.17) is 5.73 Å². The summed E-state index contributed by atoms with van der Waals surface area (Å²) in [5.41, 5.74) is 6.79. The van der Waals surface area contributed by atoms with E-state index in [0.717, 1.165) is 17.2 Å². The Morgan fingerprint density at radius 2 is 2.05 bits per heavy atom. The molecule has 0 aliphatic carbocycles. The van der Waals surface area contributed by atoms with Crippen LogP contribution >= 0.6 is 0 Å². The zero-order valence-electron chi connectivity index (χ0n) is 11.5. The molecule has 0 aromatic carbocycles. The van der Waals surface area contributed by atoms with Gasteiger partial charge in [0.2, 0.25) is 0 Å². The number of hydrogen-bond acceptors (Lipinski definition) is 5. The second-order valence-corrected chi connectivity index (χ2v) is 5.47. The second kappa shape index (κ2) is 5.22. The van der Waals surface area contributed by atoms with Gasteiger partial charge in [0.25, 0.3) is 0 Å². The molecule has 0 amide bonds. The van der Waals surface area contributed by atoms with Gasteiger partial charge in [0.05, 0.1) is 0 Å². The van der Waals surface area contributed by atoms with Crippen molar-refractivity contribution in [2.75, 3.05) is 11.1 Å². The first kappa shape index (κ1) is 13.3. The summed E-state index contributed by atoms with van der Waals surface area (Å²) in [5.74, 6) is 1.95. The SMILES string of the molecule is CC(C)(C)c1nc(N)cc(NCc2cccnc2)n1. The molecular formula is C14H19N5. The number of nitrogen functional groups attached to an aromatic ring is 1. The van der Waals surface area contributed by atoms with Crippen molar-refractivity contribution in [2.45, 2.75) is 32.7 Å². The van der Waals surface area contributed by atoms with Crippen molar-refractivity contribution in [1.29, 1.82) is 0 Å². The Balaban J connectivity index is 2.15. The molecular weight excluding hydrogens is 238 g/mol. The van der Waals surface area contributed by atoms with Crippen LogP contribution in [0.25, 0.3) is 0 Å². The van der Waals surface area contributed by atoms with Crippen LogP contribution in [0.2, 0.25) is 0 Å². The van der Waals surface area contributed by atoms with E-state index in [1.54, 1.807) is 12.3 Å². The lowest BCUT2D eigenvalue weighted by molar-refractivity contribution is 0.547. The van der Waals surface area contributed by atoms with Crippen LogP contribution in [0.3, 0.4) is 0 Å². The topological polar surface area (TPSA) is 76.7 Å². The highest BCUT2D eigenvalue weighted by Gasteiger charge is 2.18. The van der Waals surface area contributed by atoms with Crippen LogP contribution < -0.4 is 11.1 Å². The van der Waals surface area contributed by atoms with Gasteiger partial charge in [-0.2, -0.15) is 0 Å². The number of nitrogens with two attached hydrogens (primary N) is 1. The van der Waals surface area contributed by atoms with E-state index >= 15 is 0 Å². The molecule has 0 fully saturated rings. The van der Waals surface area contributed by atoms with Crippen LogP contribution in [0.5, 0.6) is 0 Å². The first-order valence-corrected chi connectivity index (χ1v) is 6.23. The zero-order valence-corrected chi connectivity index (χ0v) is 11.5. The van der Waals surface area contributed by atoms with E-state index in [1.165, 1.54) is 0 Å². The standard InChI is InChI=1S/C14H19N5/c1-14(2,3)13-18-11(15)7-12(19-13)17-9-10-5-4-6-16-8-10/h4-8H,9H2,1-3H3,(H3,15,17,18,19). The smallest absolute Gasteiger partial charge is 0.138 e. The summed E-state index contributed by atoms with van der Waals surface area (Å²) in [5, 5.41) is 3.24. The van der Waals surface area contributed by atoms with Gasteiger partial charge in [-0.3, -0.25) is 4.98 Å². The molecule has 5 nitrogen and oxygen atoms in total. The zero-order chi connectivity index (χ0) is 13.9. The van der Waals surface area contributed by atoms with Gasteiger partial charge in [0, 0.05) is 30.4 Å². The molecule has 0 saturated carbocycles. The van der Waals surface area contributed by atoms with Crippen LogP contribution in [0.15, 0.2) is 30.6 Å². The van der Waals surface area contributed by atoms with Gasteiger partial charge in [-0.1, -0.05) is 26.8 Å². The van der Waals surface area contributed by atoms with E-state index < -0.39 is 0 Å². The fourth-order valence-electron chi connectivity index (χ4n) is 1.59. The van der Waals surface area contributed by atoms with Crippen molar-refractivity contribution in [1.82, 2.24) is 15.0 Å². The fraction of sp³-hybridized carbons (Fsp3) is 0.357. The first-order chi connectivity index (χ1) is 8.95. The molecule has 0 spiro atoms. The summed E-state index contributed by atoms with van der Waals surface area (Å²) >= 11 is 0. The lowest BCUT2D eigenvalue weighted by Gasteiger charge is -2.18. The van der Waals surface area contributed by atoms with E-state index in [-0.39, 0.29) is 5.41 Å². The van der Waals surface area contributed by atoms with Crippen molar-refractivity contribution in [3.8, 4) is 0 Å². The van der Waals surface area contributed by atoms with E-state index in [9.17, 15) is 0 Å². The molecule has 2 rings (SSSR count).